The van der Waals surface area contributed by atoms with Gasteiger partial charge in [-0.3, -0.25) is 28.8 Å². The molecule has 366 valence electrons. The molecule has 6 nitrogen and oxygen atoms in total. The van der Waals surface area contributed by atoms with Gasteiger partial charge < -0.3 is 0 Å². The lowest BCUT2D eigenvalue weighted by Crippen LogP contribution is -2.28. The van der Waals surface area contributed by atoms with Gasteiger partial charge in [-0.25, -0.2) is 0 Å². The molecule has 0 aromatic heterocycles. The molecule has 0 saturated carbocycles. The Kier molecular flexibility index (Phi) is 36.5. The molecule has 0 radical (unpaired) electrons. The van der Waals surface area contributed by atoms with Gasteiger partial charge in [-0.2, -0.15) is 0 Å². The van der Waals surface area contributed by atoms with Crippen LogP contribution >= 0.6 is 0 Å². The van der Waals surface area contributed by atoms with Crippen molar-refractivity contribution in [2.45, 2.75) is 298 Å². The fourth-order valence-electron chi connectivity index (χ4n) is 9.33. The topological polar surface area (TPSA) is 102 Å². The number of rotatable bonds is 46. The highest BCUT2D eigenvalue weighted by Crippen LogP contribution is 2.36. The molecule has 1 rings (SSSR count). The van der Waals surface area contributed by atoms with Crippen LogP contribution in [0.5, 0.6) is 0 Å². The summed E-state index contributed by atoms with van der Waals surface area (Å²) in [6.07, 6.45) is 35.6. The lowest BCUT2D eigenvalue weighted by molar-refractivity contribution is 0.0907. The van der Waals surface area contributed by atoms with E-state index in [0.29, 0.717) is 32.1 Å². The Morgan fingerprint density at radius 3 is 0.516 bits per heavy atom. The Labute approximate surface area is 393 Å². The maximum Gasteiger partial charge on any atom is 0.164 e. The molecule has 1 aromatic carbocycles. The van der Waals surface area contributed by atoms with Crippen molar-refractivity contribution in [2.24, 2.45) is 0 Å². The molecule has 6 heteroatoms. The molecule has 0 aliphatic heterocycles. The van der Waals surface area contributed by atoms with Gasteiger partial charge in [0.05, 0.1) is 0 Å². The zero-order valence-corrected chi connectivity index (χ0v) is 42.7. The van der Waals surface area contributed by atoms with Crippen molar-refractivity contribution in [1.82, 2.24) is 0 Å². The van der Waals surface area contributed by atoms with E-state index >= 15 is 0 Å². The van der Waals surface area contributed by atoms with Crippen LogP contribution in [0.4, 0.5) is 0 Å². The van der Waals surface area contributed by atoms with Crippen LogP contribution in [0, 0.1) is 0 Å². The molecule has 0 fully saturated rings. The summed E-state index contributed by atoms with van der Waals surface area (Å²) in [4.78, 5) is 88.6. The van der Waals surface area contributed by atoms with E-state index in [1.165, 1.54) is 39.0 Å². The third-order valence-electron chi connectivity index (χ3n) is 13.3. The minimum Gasteiger partial charge on any atom is -0.294 e. The third kappa shape index (κ3) is 24.7. The summed E-state index contributed by atoms with van der Waals surface area (Å²) in [6.45, 7) is 12.3. The van der Waals surface area contributed by atoms with Crippen LogP contribution in [0.25, 0.3) is 0 Å². The monoisotopic (exact) mass is 891 g/mol. The SMILES string of the molecule is CCCCCCCCCC(=O)c1c(C(C)=O)c(C(=O)CCCCCCCCC)c(C(=O)CCCCCCCCC)c(C(=O)CCCCCCCCC)c1C(=O)CCCCCCCCC. The standard InChI is InChI=1S/C58H98O6/c1-7-12-17-22-27-32-37-42-48(60)54-53(47(6)59)55(49(61)43-38-33-28-23-18-13-8-2)57(51(63)45-40-35-30-25-20-15-10-4)58(52(64)46-41-36-31-26-21-16-11-5)56(54)50(62)44-39-34-29-24-19-14-9-3/h7-46H2,1-6H3. The molecule has 0 saturated heterocycles. The summed E-state index contributed by atoms with van der Waals surface area (Å²) in [5, 5.41) is 0. The van der Waals surface area contributed by atoms with Crippen LogP contribution in [0.1, 0.15) is 361 Å². The van der Waals surface area contributed by atoms with E-state index < -0.39 is 5.78 Å². The van der Waals surface area contributed by atoms with Crippen molar-refractivity contribution in [3.63, 3.8) is 0 Å². The predicted octanol–water partition coefficient (Wildman–Crippen LogP) is 18.5. The number of benzene rings is 1. The molecular weight excluding hydrogens is 793 g/mol. The van der Waals surface area contributed by atoms with Crippen LogP contribution in [-0.4, -0.2) is 34.7 Å². The van der Waals surface area contributed by atoms with Gasteiger partial charge >= 0.3 is 0 Å². The second kappa shape index (κ2) is 39.4. The first kappa shape index (κ1) is 59.3. The molecule has 0 unspecified atom stereocenters. The molecule has 0 aliphatic rings. The zero-order chi connectivity index (χ0) is 47.2. The minimum atomic E-state index is -0.494. The molecule has 0 atom stereocenters. The van der Waals surface area contributed by atoms with Crippen LogP contribution in [0.2, 0.25) is 0 Å². The summed E-state index contributed by atoms with van der Waals surface area (Å²) in [7, 11) is 0. The fraction of sp³-hybridized carbons (Fsp3) is 0.793. The summed E-state index contributed by atoms with van der Waals surface area (Å²) in [5.74, 6) is -2.25. The molecule has 0 spiro atoms. The highest BCUT2D eigenvalue weighted by molar-refractivity contribution is 6.28. The van der Waals surface area contributed by atoms with Gasteiger partial charge in [-0.1, -0.05) is 227 Å². The first-order valence-electron chi connectivity index (χ1n) is 27.5. The van der Waals surface area contributed by atoms with Gasteiger partial charge in [0, 0.05) is 65.5 Å². The van der Waals surface area contributed by atoms with Crippen molar-refractivity contribution in [3.05, 3.63) is 33.4 Å². The number of ketones is 6. The number of carbonyl (C=O) groups is 6. The summed E-state index contributed by atoms with van der Waals surface area (Å²) in [6, 6.07) is 0. The van der Waals surface area contributed by atoms with Crippen LogP contribution in [0.3, 0.4) is 0 Å². The van der Waals surface area contributed by atoms with E-state index in [0.717, 1.165) is 161 Å². The largest absolute Gasteiger partial charge is 0.294 e. The molecular formula is C58H98O6. The quantitative estimate of drug-likeness (QED) is 0.0477. The summed E-state index contributed by atoms with van der Waals surface area (Å²) < 4.78 is 0. The van der Waals surface area contributed by atoms with Gasteiger partial charge in [0.15, 0.2) is 34.7 Å². The summed E-state index contributed by atoms with van der Waals surface area (Å²) in [5.41, 5.74) is -0.281. The van der Waals surface area contributed by atoms with E-state index in [2.05, 4.69) is 34.6 Å². The molecule has 0 N–H and O–H groups in total. The normalized spacial score (nSPS) is 11.3. The van der Waals surface area contributed by atoms with Gasteiger partial charge in [0.2, 0.25) is 0 Å². The average molecular weight is 891 g/mol. The first-order chi connectivity index (χ1) is 31.1. The van der Waals surface area contributed by atoms with E-state index in [-0.39, 0.29) is 94.4 Å². The minimum absolute atomic E-state index is 0.0253. The third-order valence-corrected chi connectivity index (χ3v) is 13.3. The van der Waals surface area contributed by atoms with Crippen molar-refractivity contribution < 1.29 is 28.8 Å². The average Bonchev–Trinajstić information content (AvgIpc) is 3.28. The maximum atomic E-state index is 15.0. The number of Topliss-reactive ketones (excluding diaryl/α,β-unsaturated/α-hetero) is 6. The van der Waals surface area contributed by atoms with Crippen molar-refractivity contribution in [2.75, 3.05) is 0 Å². The Morgan fingerprint density at radius 1 is 0.219 bits per heavy atom. The van der Waals surface area contributed by atoms with Gasteiger partial charge in [-0.05, 0) is 39.0 Å². The zero-order valence-electron chi connectivity index (χ0n) is 42.7. The maximum absolute atomic E-state index is 15.0. The van der Waals surface area contributed by atoms with Crippen molar-refractivity contribution >= 4 is 34.7 Å². The Hall–Kier alpha value is -2.76. The fourth-order valence-corrected chi connectivity index (χ4v) is 9.33. The van der Waals surface area contributed by atoms with Crippen molar-refractivity contribution in [3.8, 4) is 0 Å². The first-order valence-corrected chi connectivity index (χ1v) is 27.5. The Morgan fingerprint density at radius 2 is 0.359 bits per heavy atom. The van der Waals surface area contributed by atoms with E-state index in [1.807, 2.05) is 0 Å². The van der Waals surface area contributed by atoms with E-state index in [4.69, 9.17) is 0 Å². The lowest BCUT2D eigenvalue weighted by Gasteiger charge is -2.24. The molecule has 1 aromatic rings. The highest BCUT2D eigenvalue weighted by Gasteiger charge is 2.38. The molecule has 0 bridgehead atoms. The van der Waals surface area contributed by atoms with Crippen molar-refractivity contribution in [1.29, 1.82) is 0 Å². The van der Waals surface area contributed by atoms with Crippen LogP contribution < -0.4 is 0 Å². The molecule has 0 heterocycles. The van der Waals surface area contributed by atoms with Gasteiger partial charge in [-0.15, -0.1) is 0 Å². The Balaban J connectivity index is 4.05. The molecule has 0 aliphatic carbocycles. The number of hydrogen-bond acceptors (Lipinski definition) is 6. The number of carbonyl (C=O) groups excluding carboxylic acids is 6. The van der Waals surface area contributed by atoms with E-state index in [9.17, 15) is 28.8 Å². The second-order valence-corrected chi connectivity index (χ2v) is 19.3. The molecule has 64 heavy (non-hydrogen) atoms. The predicted molar refractivity (Wildman–Crippen MR) is 271 cm³/mol. The number of unbranched alkanes of at least 4 members (excludes halogenated alkanes) is 30. The Bertz CT molecular complexity index is 1380. The lowest BCUT2D eigenvalue weighted by atomic mass is 9.75. The summed E-state index contributed by atoms with van der Waals surface area (Å²) >= 11 is 0. The van der Waals surface area contributed by atoms with Gasteiger partial charge in [0.25, 0.3) is 0 Å². The smallest absolute Gasteiger partial charge is 0.164 e. The molecule has 0 amide bonds. The highest BCUT2D eigenvalue weighted by atomic mass is 16.2. The number of hydrogen-bond donors (Lipinski definition) is 0. The van der Waals surface area contributed by atoms with E-state index in [1.54, 1.807) is 0 Å². The van der Waals surface area contributed by atoms with Crippen LogP contribution in [0.15, 0.2) is 0 Å². The second-order valence-electron chi connectivity index (χ2n) is 19.3. The van der Waals surface area contributed by atoms with Gasteiger partial charge in [0.1, 0.15) is 0 Å². The van der Waals surface area contributed by atoms with Crippen LogP contribution in [-0.2, 0) is 0 Å².